The van der Waals surface area contributed by atoms with Gasteiger partial charge in [0.25, 0.3) is 0 Å². The summed E-state index contributed by atoms with van der Waals surface area (Å²) in [7, 11) is 0. The molecule has 1 unspecified atom stereocenters. The van der Waals surface area contributed by atoms with Crippen molar-refractivity contribution in [3.63, 3.8) is 0 Å². The number of nitrogens with two attached hydrogens (primary N) is 1. The fourth-order valence-corrected chi connectivity index (χ4v) is 2.66. The van der Waals surface area contributed by atoms with Crippen LogP contribution >= 0.6 is 27.3 Å². The molecule has 2 aromatic heterocycles. The van der Waals surface area contributed by atoms with Gasteiger partial charge in [-0.3, -0.25) is 10.8 Å². The second-order valence-corrected chi connectivity index (χ2v) is 5.47. The Morgan fingerprint density at radius 2 is 2.38 bits per heavy atom. The Labute approximate surface area is 105 Å². The number of rotatable bonds is 3. The van der Waals surface area contributed by atoms with Crippen molar-refractivity contribution in [3.05, 3.63) is 50.6 Å². The maximum absolute atomic E-state index is 13.6. The molecule has 0 saturated carbocycles. The quantitative estimate of drug-likeness (QED) is 0.677. The molecule has 3 N–H and O–H groups in total. The molecule has 2 heterocycles. The third-order valence-corrected chi connectivity index (χ3v) is 3.73. The van der Waals surface area contributed by atoms with Crippen molar-refractivity contribution in [3.8, 4) is 0 Å². The molecule has 0 amide bonds. The number of halogens is 2. The summed E-state index contributed by atoms with van der Waals surface area (Å²) in [5, 5.41) is 1.93. The molecule has 0 fully saturated rings. The van der Waals surface area contributed by atoms with Crippen LogP contribution in [0.3, 0.4) is 0 Å². The first-order chi connectivity index (χ1) is 7.72. The predicted octanol–water partition coefficient (Wildman–Crippen LogP) is 2.60. The van der Waals surface area contributed by atoms with Gasteiger partial charge in [0.2, 0.25) is 0 Å². The highest BCUT2D eigenvalue weighted by Crippen LogP contribution is 2.29. The van der Waals surface area contributed by atoms with E-state index in [-0.39, 0.29) is 11.9 Å². The fourth-order valence-electron chi connectivity index (χ4n) is 1.46. The lowest BCUT2D eigenvalue weighted by molar-refractivity contribution is 0.556. The van der Waals surface area contributed by atoms with Crippen LogP contribution in [0.15, 0.2) is 33.7 Å². The van der Waals surface area contributed by atoms with Crippen LogP contribution in [0, 0.1) is 5.82 Å². The number of pyridine rings is 1. The van der Waals surface area contributed by atoms with Crippen molar-refractivity contribution in [2.45, 2.75) is 6.04 Å². The van der Waals surface area contributed by atoms with Crippen molar-refractivity contribution in [1.82, 2.24) is 10.4 Å². The molecule has 2 rings (SSSR count). The second-order valence-electron chi connectivity index (χ2n) is 3.18. The summed E-state index contributed by atoms with van der Waals surface area (Å²) < 4.78 is 14.5. The maximum Gasteiger partial charge on any atom is 0.146 e. The number of thiophene rings is 1. The number of nitrogens with one attached hydrogen (secondary N) is 1. The highest BCUT2D eigenvalue weighted by Gasteiger charge is 2.17. The molecular formula is C10H9BrFN3S. The molecule has 0 saturated heterocycles. The molecule has 0 aliphatic rings. The van der Waals surface area contributed by atoms with Crippen LogP contribution in [0.5, 0.6) is 0 Å². The molecule has 0 spiro atoms. The molecule has 16 heavy (non-hydrogen) atoms. The topological polar surface area (TPSA) is 50.9 Å². The average molecular weight is 302 g/mol. The maximum atomic E-state index is 13.6. The van der Waals surface area contributed by atoms with E-state index in [2.05, 4.69) is 26.3 Å². The van der Waals surface area contributed by atoms with Crippen molar-refractivity contribution >= 4 is 27.3 Å². The molecule has 6 heteroatoms. The second kappa shape index (κ2) is 5.01. The van der Waals surface area contributed by atoms with Crippen molar-refractivity contribution in [2.75, 3.05) is 0 Å². The molecule has 0 radical (unpaired) electrons. The van der Waals surface area contributed by atoms with Gasteiger partial charge >= 0.3 is 0 Å². The fraction of sp³-hybridized carbons (Fsp3) is 0.100. The molecule has 0 aliphatic carbocycles. The van der Waals surface area contributed by atoms with Crippen LogP contribution in [0.1, 0.15) is 17.2 Å². The van der Waals surface area contributed by atoms with E-state index in [0.29, 0.717) is 5.56 Å². The van der Waals surface area contributed by atoms with Gasteiger partial charge in [0.1, 0.15) is 5.82 Å². The predicted molar refractivity (Wildman–Crippen MR) is 65.4 cm³/mol. The van der Waals surface area contributed by atoms with Gasteiger partial charge in [-0.25, -0.2) is 9.82 Å². The van der Waals surface area contributed by atoms with E-state index in [0.717, 1.165) is 9.35 Å². The Morgan fingerprint density at radius 1 is 1.56 bits per heavy atom. The molecule has 1 atom stereocenters. The van der Waals surface area contributed by atoms with Crippen LogP contribution in [0.2, 0.25) is 0 Å². The van der Waals surface area contributed by atoms with Crippen molar-refractivity contribution in [2.24, 2.45) is 5.84 Å². The molecular weight excluding hydrogens is 293 g/mol. The first kappa shape index (κ1) is 11.7. The smallest absolute Gasteiger partial charge is 0.146 e. The summed E-state index contributed by atoms with van der Waals surface area (Å²) in [6, 6.07) is 3.17. The van der Waals surface area contributed by atoms with Gasteiger partial charge < -0.3 is 0 Å². The summed E-state index contributed by atoms with van der Waals surface area (Å²) in [6.45, 7) is 0. The minimum Gasteiger partial charge on any atom is -0.271 e. The zero-order valence-corrected chi connectivity index (χ0v) is 10.6. The van der Waals surface area contributed by atoms with E-state index in [9.17, 15) is 4.39 Å². The van der Waals surface area contributed by atoms with Gasteiger partial charge in [0, 0.05) is 11.8 Å². The summed E-state index contributed by atoms with van der Waals surface area (Å²) >= 11 is 4.90. The Morgan fingerprint density at radius 3 is 2.94 bits per heavy atom. The Bertz CT molecular complexity index is 488. The number of aromatic nitrogens is 1. The highest BCUT2D eigenvalue weighted by molar-refractivity contribution is 9.11. The van der Waals surface area contributed by atoms with Gasteiger partial charge in [-0.1, -0.05) is 0 Å². The van der Waals surface area contributed by atoms with E-state index in [1.54, 1.807) is 12.3 Å². The van der Waals surface area contributed by atoms with Crippen LogP contribution in [-0.4, -0.2) is 4.98 Å². The molecule has 3 nitrogen and oxygen atoms in total. The van der Waals surface area contributed by atoms with Crippen LogP contribution < -0.4 is 11.3 Å². The number of hydrazine groups is 1. The number of hydrogen-bond donors (Lipinski definition) is 2. The van der Waals surface area contributed by atoms with E-state index in [1.807, 2.05) is 11.4 Å². The van der Waals surface area contributed by atoms with E-state index in [4.69, 9.17) is 5.84 Å². The summed E-state index contributed by atoms with van der Waals surface area (Å²) in [4.78, 5) is 3.71. The third kappa shape index (κ3) is 2.30. The van der Waals surface area contributed by atoms with Crippen LogP contribution in [-0.2, 0) is 0 Å². The summed E-state index contributed by atoms with van der Waals surface area (Å²) in [5.41, 5.74) is 4.02. The van der Waals surface area contributed by atoms with Gasteiger partial charge in [0.05, 0.1) is 16.0 Å². The zero-order chi connectivity index (χ0) is 11.5. The zero-order valence-electron chi connectivity index (χ0n) is 8.15. The number of hydrogen-bond acceptors (Lipinski definition) is 4. The molecule has 0 aliphatic heterocycles. The number of nitrogens with zero attached hydrogens (tertiary/aromatic N) is 1. The highest BCUT2D eigenvalue weighted by atomic mass is 79.9. The monoisotopic (exact) mass is 301 g/mol. The molecule has 0 aromatic carbocycles. The van der Waals surface area contributed by atoms with E-state index in [1.165, 1.54) is 17.5 Å². The summed E-state index contributed by atoms with van der Waals surface area (Å²) in [5.74, 6) is 5.10. The van der Waals surface area contributed by atoms with Crippen molar-refractivity contribution < 1.29 is 4.39 Å². The lowest BCUT2D eigenvalue weighted by Gasteiger charge is -2.15. The molecule has 0 bridgehead atoms. The lowest BCUT2D eigenvalue weighted by atomic mass is 10.0. The summed E-state index contributed by atoms with van der Waals surface area (Å²) in [6.07, 6.45) is 2.73. The van der Waals surface area contributed by atoms with E-state index < -0.39 is 0 Å². The standard InChI is InChI=1S/C10H9BrFN3S/c11-9-3-6(5-16-9)10(15-13)7-1-2-14-4-8(7)12/h1-5,10,15H,13H2. The van der Waals surface area contributed by atoms with Gasteiger partial charge in [-0.2, -0.15) is 0 Å². The minimum atomic E-state index is -0.368. The minimum absolute atomic E-state index is 0.356. The first-order valence-electron chi connectivity index (χ1n) is 4.52. The first-order valence-corrected chi connectivity index (χ1v) is 6.19. The van der Waals surface area contributed by atoms with Crippen molar-refractivity contribution in [1.29, 1.82) is 0 Å². The SMILES string of the molecule is NNC(c1csc(Br)c1)c1ccncc1F. The van der Waals surface area contributed by atoms with Crippen LogP contribution in [0.25, 0.3) is 0 Å². The molecule has 2 aromatic rings. The van der Waals surface area contributed by atoms with Gasteiger partial charge in [0.15, 0.2) is 0 Å². The van der Waals surface area contributed by atoms with Gasteiger partial charge in [-0.05, 0) is 39.0 Å². The Kier molecular flexibility index (Phi) is 3.65. The normalized spacial score (nSPS) is 12.7. The Balaban J connectivity index is 2.40. The van der Waals surface area contributed by atoms with E-state index >= 15 is 0 Å². The molecule has 84 valence electrons. The Hall–Kier alpha value is -0.820. The lowest BCUT2D eigenvalue weighted by Crippen LogP contribution is -2.29. The third-order valence-electron chi connectivity index (χ3n) is 2.20. The average Bonchev–Trinajstić information content (AvgIpc) is 2.69. The van der Waals surface area contributed by atoms with Crippen LogP contribution in [0.4, 0.5) is 4.39 Å². The largest absolute Gasteiger partial charge is 0.271 e. The van der Waals surface area contributed by atoms with Gasteiger partial charge in [-0.15, -0.1) is 11.3 Å².